The lowest BCUT2D eigenvalue weighted by atomic mass is 10.1. The molecular formula is C9H13N3. The predicted octanol–water partition coefficient (Wildman–Crippen LogP) is 1.82. The third-order valence-electron chi connectivity index (χ3n) is 1.41. The zero-order chi connectivity index (χ0) is 9.56. The van der Waals surface area contributed by atoms with Crippen LogP contribution in [-0.4, -0.2) is 19.1 Å². The average molecular weight is 163 g/mol. The molecule has 0 spiro atoms. The second-order valence-electron chi connectivity index (χ2n) is 2.65. The molecule has 0 bridgehead atoms. The fourth-order valence-electron chi connectivity index (χ4n) is 0.430. The summed E-state index contributed by atoms with van der Waals surface area (Å²) < 4.78 is 0. The van der Waals surface area contributed by atoms with E-state index in [1.165, 1.54) is 7.05 Å². The molecule has 0 aromatic rings. The maximum absolute atomic E-state index is 8.45. The first-order valence-electron chi connectivity index (χ1n) is 3.71. The lowest BCUT2D eigenvalue weighted by Crippen LogP contribution is -1.96. The molecule has 0 aliphatic heterocycles. The monoisotopic (exact) mass is 163 g/mol. The van der Waals surface area contributed by atoms with E-state index in [2.05, 4.69) is 16.6 Å². The molecule has 0 aromatic carbocycles. The Balaban J connectivity index is 4.27. The van der Waals surface area contributed by atoms with Crippen LogP contribution >= 0.6 is 0 Å². The van der Waals surface area contributed by atoms with E-state index in [0.29, 0.717) is 5.92 Å². The summed E-state index contributed by atoms with van der Waals surface area (Å²) in [6, 6.07) is 1.86. The van der Waals surface area contributed by atoms with Crippen LogP contribution in [0.4, 0.5) is 0 Å². The van der Waals surface area contributed by atoms with Crippen molar-refractivity contribution in [2.75, 3.05) is 7.05 Å². The fourth-order valence-corrected chi connectivity index (χ4v) is 0.430. The van der Waals surface area contributed by atoms with Crippen LogP contribution in [0, 0.1) is 17.2 Å². The minimum Gasteiger partial charge on any atom is -0.261 e. The number of allylic oxidation sites excluding steroid dienone is 1. The Bertz CT molecular complexity index is 253. The molecule has 0 unspecified atom stereocenters. The molecule has 0 radical (unpaired) electrons. The second-order valence-corrected chi connectivity index (χ2v) is 2.65. The molecule has 0 rings (SSSR count). The van der Waals surface area contributed by atoms with Gasteiger partial charge in [-0.25, -0.2) is 4.99 Å². The standard InChI is InChI=1S/C9H13N3/c1-7(2)8(3)6-12-9(5-10)11-4/h6-7H,3H2,1-2,4H3/b11-9-,12-6-. The molecule has 0 saturated heterocycles. The molecule has 0 aliphatic rings. The summed E-state index contributed by atoms with van der Waals surface area (Å²) in [4.78, 5) is 7.50. The van der Waals surface area contributed by atoms with E-state index in [9.17, 15) is 0 Å². The maximum atomic E-state index is 8.45. The van der Waals surface area contributed by atoms with Crippen molar-refractivity contribution in [2.24, 2.45) is 15.9 Å². The Labute approximate surface area is 73.2 Å². The zero-order valence-corrected chi connectivity index (χ0v) is 7.70. The van der Waals surface area contributed by atoms with Gasteiger partial charge in [-0.2, -0.15) is 5.26 Å². The summed E-state index contributed by atoms with van der Waals surface area (Å²) in [5.41, 5.74) is 0.895. The van der Waals surface area contributed by atoms with Crippen LogP contribution in [0.1, 0.15) is 13.8 Å². The van der Waals surface area contributed by atoms with E-state index < -0.39 is 0 Å². The molecule has 0 heterocycles. The highest BCUT2D eigenvalue weighted by molar-refractivity contribution is 6.03. The van der Waals surface area contributed by atoms with Gasteiger partial charge in [-0.15, -0.1) is 0 Å². The normalized spacial score (nSPS) is 12.1. The van der Waals surface area contributed by atoms with E-state index in [4.69, 9.17) is 5.26 Å². The lowest BCUT2D eigenvalue weighted by Gasteiger charge is -2.00. The van der Waals surface area contributed by atoms with Crippen LogP contribution in [0.25, 0.3) is 0 Å². The topological polar surface area (TPSA) is 48.5 Å². The molecule has 0 N–H and O–H groups in total. The first-order chi connectivity index (χ1) is 5.61. The van der Waals surface area contributed by atoms with Gasteiger partial charge in [0.25, 0.3) is 0 Å². The number of nitrogens with zero attached hydrogens (tertiary/aromatic N) is 3. The third-order valence-corrected chi connectivity index (χ3v) is 1.41. The molecule has 0 aliphatic carbocycles. The van der Waals surface area contributed by atoms with Crippen molar-refractivity contribution in [3.8, 4) is 6.07 Å². The summed E-state index contributed by atoms with van der Waals surface area (Å²) in [5.74, 6) is 0.530. The Hall–Kier alpha value is -1.43. The summed E-state index contributed by atoms with van der Waals surface area (Å²) in [5, 5.41) is 8.45. The molecule has 12 heavy (non-hydrogen) atoms. The van der Waals surface area contributed by atoms with Crippen molar-refractivity contribution in [3.63, 3.8) is 0 Å². The van der Waals surface area contributed by atoms with Gasteiger partial charge in [-0.1, -0.05) is 20.4 Å². The smallest absolute Gasteiger partial charge is 0.227 e. The van der Waals surface area contributed by atoms with Gasteiger partial charge in [0.1, 0.15) is 6.07 Å². The van der Waals surface area contributed by atoms with Gasteiger partial charge < -0.3 is 0 Å². The molecule has 0 saturated carbocycles. The Morgan fingerprint density at radius 2 is 2.17 bits per heavy atom. The molecule has 0 aromatic heterocycles. The average Bonchev–Trinajstić information content (AvgIpc) is 2.05. The van der Waals surface area contributed by atoms with E-state index in [0.717, 1.165) is 5.57 Å². The second kappa shape index (κ2) is 5.25. The highest BCUT2D eigenvalue weighted by atomic mass is 14.9. The molecule has 3 heteroatoms. The van der Waals surface area contributed by atoms with Crippen LogP contribution < -0.4 is 0 Å². The minimum atomic E-state index is 0.178. The fraction of sp³-hybridized carbons (Fsp3) is 0.444. The Kier molecular flexibility index (Phi) is 4.62. The molecule has 3 nitrogen and oxygen atoms in total. The number of nitriles is 1. The molecule has 0 fully saturated rings. The van der Waals surface area contributed by atoms with E-state index in [-0.39, 0.29) is 5.84 Å². The van der Waals surface area contributed by atoms with Gasteiger partial charge in [0.15, 0.2) is 0 Å². The van der Waals surface area contributed by atoms with Crippen molar-refractivity contribution in [2.45, 2.75) is 13.8 Å². The highest BCUT2D eigenvalue weighted by Gasteiger charge is 1.96. The summed E-state index contributed by atoms with van der Waals surface area (Å²) in [7, 11) is 1.54. The van der Waals surface area contributed by atoms with Crippen molar-refractivity contribution in [3.05, 3.63) is 12.2 Å². The zero-order valence-electron chi connectivity index (χ0n) is 7.70. The lowest BCUT2D eigenvalue weighted by molar-refractivity contribution is 0.810. The quantitative estimate of drug-likeness (QED) is 0.452. The first kappa shape index (κ1) is 10.6. The van der Waals surface area contributed by atoms with Crippen LogP contribution in [0.5, 0.6) is 0 Å². The highest BCUT2D eigenvalue weighted by Crippen LogP contribution is 2.02. The number of hydrogen-bond donors (Lipinski definition) is 0. The van der Waals surface area contributed by atoms with Crippen LogP contribution in [-0.2, 0) is 0 Å². The number of aliphatic imine (C=N–C) groups is 2. The van der Waals surface area contributed by atoms with Gasteiger partial charge in [0.2, 0.25) is 5.84 Å². The SMILES string of the molecule is C=C(/C=N\C(C#N)=N/C)C(C)C. The Morgan fingerprint density at radius 3 is 2.50 bits per heavy atom. The van der Waals surface area contributed by atoms with E-state index >= 15 is 0 Å². The van der Waals surface area contributed by atoms with Gasteiger partial charge in [0, 0.05) is 13.3 Å². The summed E-state index contributed by atoms with van der Waals surface area (Å²) >= 11 is 0. The van der Waals surface area contributed by atoms with Crippen LogP contribution in [0.2, 0.25) is 0 Å². The van der Waals surface area contributed by atoms with Crippen molar-refractivity contribution in [1.82, 2.24) is 0 Å². The minimum absolute atomic E-state index is 0.178. The first-order valence-corrected chi connectivity index (χ1v) is 3.71. The van der Waals surface area contributed by atoms with Gasteiger partial charge >= 0.3 is 0 Å². The number of amidine groups is 1. The largest absolute Gasteiger partial charge is 0.261 e. The van der Waals surface area contributed by atoms with E-state index in [1.54, 1.807) is 6.21 Å². The van der Waals surface area contributed by atoms with Gasteiger partial charge in [-0.3, -0.25) is 4.99 Å². The van der Waals surface area contributed by atoms with Crippen LogP contribution in [0.3, 0.4) is 0 Å². The predicted molar refractivity (Wildman–Crippen MR) is 51.4 cm³/mol. The van der Waals surface area contributed by atoms with Gasteiger partial charge in [-0.05, 0) is 11.5 Å². The van der Waals surface area contributed by atoms with E-state index in [1.807, 2.05) is 19.9 Å². The van der Waals surface area contributed by atoms with Crippen molar-refractivity contribution in [1.29, 1.82) is 5.26 Å². The summed E-state index contributed by atoms with van der Waals surface area (Å²) in [6.45, 7) is 7.82. The summed E-state index contributed by atoms with van der Waals surface area (Å²) in [6.07, 6.45) is 1.58. The third kappa shape index (κ3) is 3.67. The number of hydrogen-bond acceptors (Lipinski definition) is 2. The Morgan fingerprint density at radius 1 is 1.58 bits per heavy atom. The number of rotatable bonds is 2. The molecular weight excluding hydrogens is 150 g/mol. The molecule has 0 amide bonds. The van der Waals surface area contributed by atoms with Crippen molar-refractivity contribution >= 4 is 12.1 Å². The molecule has 0 atom stereocenters. The van der Waals surface area contributed by atoms with Gasteiger partial charge in [0.05, 0.1) is 0 Å². The maximum Gasteiger partial charge on any atom is 0.227 e. The van der Waals surface area contributed by atoms with Crippen molar-refractivity contribution < 1.29 is 0 Å². The molecule has 64 valence electrons. The van der Waals surface area contributed by atoms with Crippen LogP contribution in [0.15, 0.2) is 22.1 Å².